The Morgan fingerprint density at radius 1 is 0.778 bits per heavy atom. The minimum absolute atomic E-state index is 0.0620. The van der Waals surface area contributed by atoms with E-state index < -0.39 is 47.9 Å². The zero-order valence-corrected chi connectivity index (χ0v) is 21.2. The molecule has 0 aliphatic rings. The summed E-state index contributed by atoms with van der Waals surface area (Å²) in [7, 11) is 0. The zero-order valence-electron chi connectivity index (χ0n) is 21.2. The first-order valence-electron chi connectivity index (χ1n) is 11.8. The number of guanidine groups is 2. The second-order valence-electron chi connectivity index (χ2n) is 8.50. The number of carbonyl (C=O) groups is 4. The molecule has 0 rings (SSSR count). The molecule has 14 N–H and O–H groups in total. The predicted octanol–water partition coefficient (Wildman–Crippen LogP) is -2.97. The SMILES string of the molecule is CCC(C)C(N)C(=O)NC(C)C(=O)NC(CCCN=C(N)N)C(=O)NC(CCCN=C(N)N)C(=O)O. The second kappa shape index (κ2) is 16.9. The smallest absolute Gasteiger partial charge is 0.326 e. The Kier molecular flexibility index (Phi) is 15.2. The predicted molar refractivity (Wildman–Crippen MR) is 136 cm³/mol. The van der Waals surface area contributed by atoms with Gasteiger partial charge in [0.15, 0.2) is 11.9 Å². The van der Waals surface area contributed by atoms with Gasteiger partial charge >= 0.3 is 5.97 Å². The molecule has 0 saturated heterocycles. The third kappa shape index (κ3) is 13.3. The third-order valence-electron chi connectivity index (χ3n) is 5.45. The zero-order chi connectivity index (χ0) is 27.8. The van der Waals surface area contributed by atoms with Crippen LogP contribution in [0.15, 0.2) is 9.98 Å². The van der Waals surface area contributed by atoms with Gasteiger partial charge in [-0.15, -0.1) is 0 Å². The Morgan fingerprint density at radius 2 is 1.25 bits per heavy atom. The molecule has 15 heteroatoms. The van der Waals surface area contributed by atoms with Crippen LogP contribution in [0.25, 0.3) is 0 Å². The van der Waals surface area contributed by atoms with Crippen molar-refractivity contribution in [1.29, 1.82) is 0 Å². The highest BCUT2D eigenvalue weighted by Crippen LogP contribution is 2.06. The molecule has 0 aliphatic heterocycles. The fraction of sp³-hybridized carbons (Fsp3) is 0.714. The van der Waals surface area contributed by atoms with Crippen molar-refractivity contribution in [3.05, 3.63) is 0 Å². The largest absolute Gasteiger partial charge is 0.480 e. The lowest BCUT2D eigenvalue weighted by molar-refractivity contribution is -0.142. The van der Waals surface area contributed by atoms with Gasteiger partial charge in [0.05, 0.1) is 6.04 Å². The maximum Gasteiger partial charge on any atom is 0.326 e. The minimum Gasteiger partial charge on any atom is -0.480 e. The lowest BCUT2D eigenvalue weighted by Crippen LogP contribution is -2.56. The Bertz CT molecular complexity index is 796. The average Bonchev–Trinajstić information content (AvgIpc) is 2.80. The number of carbonyl (C=O) groups excluding carboxylic acids is 3. The van der Waals surface area contributed by atoms with Gasteiger partial charge in [0.1, 0.15) is 18.1 Å². The van der Waals surface area contributed by atoms with Crippen molar-refractivity contribution in [2.45, 2.75) is 77.0 Å². The van der Waals surface area contributed by atoms with Crippen molar-refractivity contribution in [3.8, 4) is 0 Å². The van der Waals surface area contributed by atoms with Crippen LogP contribution in [-0.2, 0) is 19.2 Å². The quantitative estimate of drug-likeness (QED) is 0.0539. The van der Waals surface area contributed by atoms with Gasteiger partial charge in [-0.05, 0) is 38.5 Å². The first kappa shape index (κ1) is 32.4. The molecule has 5 atom stereocenters. The van der Waals surface area contributed by atoms with Crippen molar-refractivity contribution in [3.63, 3.8) is 0 Å². The molecule has 0 bridgehead atoms. The molecule has 0 spiro atoms. The first-order valence-corrected chi connectivity index (χ1v) is 11.8. The summed E-state index contributed by atoms with van der Waals surface area (Å²) in [6.45, 7) is 5.55. The number of aliphatic imine (C=N–C) groups is 2. The van der Waals surface area contributed by atoms with Gasteiger partial charge in [-0.2, -0.15) is 0 Å². The Labute approximate surface area is 211 Å². The number of nitrogens with one attached hydrogen (secondary N) is 3. The number of carboxylic acids is 1. The number of nitrogens with two attached hydrogens (primary N) is 5. The van der Waals surface area contributed by atoms with E-state index >= 15 is 0 Å². The van der Waals surface area contributed by atoms with Gasteiger partial charge in [0.25, 0.3) is 0 Å². The minimum atomic E-state index is -1.25. The van der Waals surface area contributed by atoms with E-state index in [1.165, 1.54) is 6.92 Å². The number of nitrogens with zero attached hydrogens (tertiary/aromatic N) is 2. The van der Waals surface area contributed by atoms with Gasteiger partial charge in [0, 0.05) is 13.1 Å². The van der Waals surface area contributed by atoms with Crippen LogP contribution < -0.4 is 44.6 Å². The van der Waals surface area contributed by atoms with E-state index in [1.54, 1.807) is 0 Å². The molecule has 0 aromatic carbocycles. The molecule has 0 saturated carbocycles. The highest BCUT2D eigenvalue weighted by atomic mass is 16.4. The van der Waals surface area contributed by atoms with E-state index in [2.05, 4.69) is 25.9 Å². The van der Waals surface area contributed by atoms with E-state index in [9.17, 15) is 24.3 Å². The number of amides is 3. The standard InChI is InChI=1S/C21H42N10O5/c1-4-11(2)15(22)18(34)29-12(3)16(32)30-13(7-5-9-27-20(23)24)17(33)31-14(19(35)36)8-6-10-28-21(25)26/h11-15H,4-10,22H2,1-3H3,(H,29,34)(H,30,32)(H,31,33)(H,35,36)(H4,23,24,27)(H4,25,26,28). The molecular weight excluding hydrogens is 472 g/mol. The summed E-state index contributed by atoms with van der Waals surface area (Å²) in [6.07, 6.45) is 1.48. The van der Waals surface area contributed by atoms with Gasteiger partial charge in [0.2, 0.25) is 17.7 Å². The second-order valence-corrected chi connectivity index (χ2v) is 8.50. The first-order chi connectivity index (χ1) is 16.8. The Hall–Kier alpha value is -3.62. The molecule has 0 aromatic rings. The molecule has 5 unspecified atom stereocenters. The van der Waals surface area contributed by atoms with Crippen LogP contribution in [0.1, 0.15) is 52.9 Å². The van der Waals surface area contributed by atoms with Crippen LogP contribution in [0.2, 0.25) is 0 Å². The summed E-state index contributed by atoms with van der Waals surface area (Å²) < 4.78 is 0. The molecule has 206 valence electrons. The van der Waals surface area contributed by atoms with Crippen LogP contribution in [0.4, 0.5) is 0 Å². The molecule has 0 heterocycles. The Morgan fingerprint density at radius 3 is 1.69 bits per heavy atom. The number of hydrogen-bond acceptors (Lipinski definition) is 7. The van der Waals surface area contributed by atoms with Gasteiger partial charge in [-0.3, -0.25) is 24.4 Å². The Balaban J connectivity index is 5.31. The summed E-state index contributed by atoms with van der Waals surface area (Å²) >= 11 is 0. The van der Waals surface area contributed by atoms with E-state index in [1.807, 2.05) is 13.8 Å². The van der Waals surface area contributed by atoms with E-state index in [0.717, 1.165) is 0 Å². The van der Waals surface area contributed by atoms with Gasteiger partial charge < -0.3 is 49.7 Å². The molecule has 0 fully saturated rings. The lowest BCUT2D eigenvalue weighted by atomic mass is 9.99. The van der Waals surface area contributed by atoms with Crippen LogP contribution >= 0.6 is 0 Å². The fourth-order valence-corrected chi connectivity index (χ4v) is 2.99. The van der Waals surface area contributed by atoms with Crippen molar-refractivity contribution >= 4 is 35.6 Å². The van der Waals surface area contributed by atoms with E-state index in [4.69, 9.17) is 28.7 Å². The molecule has 3 amide bonds. The van der Waals surface area contributed by atoms with Crippen LogP contribution in [0.3, 0.4) is 0 Å². The summed E-state index contributed by atoms with van der Waals surface area (Å²) in [5, 5.41) is 17.0. The molecule has 15 nitrogen and oxygen atoms in total. The van der Waals surface area contributed by atoms with Crippen molar-refractivity contribution in [2.24, 2.45) is 44.6 Å². The number of aliphatic carboxylic acids is 1. The van der Waals surface area contributed by atoms with Crippen molar-refractivity contribution in [1.82, 2.24) is 16.0 Å². The monoisotopic (exact) mass is 514 g/mol. The fourth-order valence-electron chi connectivity index (χ4n) is 2.99. The number of hydrogen-bond donors (Lipinski definition) is 9. The molecule has 0 radical (unpaired) electrons. The molecular formula is C21H42N10O5. The van der Waals surface area contributed by atoms with Gasteiger partial charge in [-0.25, -0.2) is 4.79 Å². The highest BCUT2D eigenvalue weighted by molar-refractivity contribution is 5.93. The highest BCUT2D eigenvalue weighted by Gasteiger charge is 2.29. The topological polar surface area (TPSA) is 279 Å². The lowest BCUT2D eigenvalue weighted by Gasteiger charge is -2.24. The van der Waals surface area contributed by atoms with Crippen LogP contribution in [-0.4, -0.2) is 78.0 Å². The summed E-state index contributed by atoms with van der Waals surface area (Å²) in [5.74, 6) is -3.43. The number of rotatable bonds is 17. The maximum atomic E-state index is 12.9. The van der Waals surface area contributed by atoms with Crippen LogP contribution in [0, 0.1) is 5.92 Å². The van der Waals surface area contributed by atoms with Crippen molar-refractivity contribution < 1.29 is 24.3 Å². The van der Waals surface area contributed by atoms with E-state index in [0.29, 0.717) is 19.3 Å². The third-order valence-corrected chi connectivity index (χ3v) is 5.45. The van der Waals surface area contributed by atoms with Crippen molar-refractivity contribution in [2.75, 3.05) is 13.1 Å². The number of carboxylic acid groups (broad SMARTS) is 1. The summed E-state index contributed by atoms with van der Waals surface area (Å²) in [5.41, 5.74) is 27.0. The van der Waals surface area contributed by atoms with E-state index in [-0.39, 0.29) is 43.8 Å². The van der Waals surface area contributed by atoms with Crippen LogP contribution in [0.5, 0.6) is 0 Å². The summed E-state index contributed by atoms with van der Waals surface area (Å²) in [4.78, 5) is 57.2. The molecule has 36 heavy (non-hydrogen) atoms. The molecule has 0 aliphatic carbocycles. The summed E-state index contributed by atoms with van der Waals surface area (Å²) in [6, 6.07) is -4.11. The van der Waals surface area contributed by atoms with Gasteiger partial charge in [-0.1, -0.05) is 20.3 Å². The molecule has 0 aromatic heterocycles. The maximum absolute atomic E-state index is 12.9. The average molecular weight is 515 g/mol. The normalized spacial score (nSPS) is 14.8.